The summed E-state index contributed by atoms with van der Waals surface area (Å²) in [7, 11) is -2.62. The van der Waals surface area contributed by atoms with E-state index in [1.54, 1.807) is 73.7 Å². The van der Waals surface area contributed by atoms with Crippen LogP contribution in [0.1, 0.15) is 44.6 Å². The Labute approximate surface area is 247 Å². The summed E-state index contributed by atoms with van der Waals surface area (Å²) in [4.78, 5) is 28.9. The predicted octanol–water partition coefficient (Wildman–Crippen LogP) is 5.41. The molecule has 1 unspecified atom stereocenters. The van der Waals surface area contributed by atoms with E-state index in [0.717, 1.165) is 36.4 Å². The molecule has 0 saturated heterocycles. The van der Waals surface area contributed by atoms with Crippen LogP contribution in [0.5, 0.6) is 5.75 Å². The van der Waals surface area contributed by atoms with Crippen molar-refractivity contribution in [3.63, 3.8) is 0 Å². The molecule has 4 rings (SSSR count). The third-order valence-electron chi connectivity index (χ3n) is 7.39. The maximum absolute atomic E-state index is 14.1. The van der Waals surface area contributed by atoms with Crippen molar-refractivity contribution in [1.82, 2.24) is 10.2 Å². The Bertz CT molecular complexity index is 1430. The van der Waals surface area contributed by atoms with E-state index in [1.165, 1.54) is 24.1 Å². The average Bonchev–Trinajstić information content (AvgIpc) is 3.00. The van der Waals surface area contributed by atoms with Crippen LogP contribution >= 0.6 is 11.6 Å². The van der Waals surface area contributed by atoms with Gasteiger partial charge < -0.3 is 15.0 Å². The van der Waals surface area contributed by atoms with Crippen LogP contribution in [0.2, 0.25) is 5.02 Å². The molecule has 1 aliphatic rings. The normalized spacial score (nSPS) is 14.6. The van der Waals surface area contributed by atoms with Crippen molar-refractivity contribution < 1.29 is 22.7 Å². The Morgan fingerprint density at radius 2 is 1.59 bits per heavy atom. The maximum Gasteiger partial charge on any atom is 0.264 e. The highest BCUT2D eigenvalue weighted by molar-refractivity contribution is 7.92. The van der Waals surface area contributed by atoms with E-state index in [4.69, 9.17) is 16.3 Å². The number of methoxy groups -OCH3 is 1. The fourth-order valence-corrected chi connectivity index (χ4v) is 6.59. The maximum atomic E-state index is 14.1. The van der Waals surface area contributed by atoms with Crippen molar-refractivity contribution in [2.45, 2.75) is 62.6 Å². The third-order valence-corrected chi connectivity index (χ3v) is 9.54. The van der Waals surface area contributed by atoms with Gasteiger partial charge >= 0.3 is 0 Å². The molecule has 0 heterocycles. The number of sulfonamides is 1. The summed E-state index contributed by atoms with van der Waals surface area (Å²) in [6, 6.07) is 20.7. The van der Waals surface area contributed by atoms with E-state index in [-0.39, 0.29) is 23.4 Å². The fraction of sp³-hybridized carbons (Fsp3) is 0.355. The molecule has 2 amide bonds. The molecule has 0 bridgehead atoms. The molecule has 0 aromatic heterocycles. The van der Waals surface area contributed by atoms with E-state index in [0.29, 0.717) is 22.0 Å². The SMILES string of the molecule is COc1ccc(N(CC(=O)N(Cc2ccccc2Cl)C(C)C(=O)NC2CCCCC2)S(=O)(=O)c2ccccc2)cc1. The number of benzene rings is 3. The van der Waals surface area contributed by atoms with Crippen molar-refractivity contribution in [3.05, 3.63) is 89.4 Å². The molecule has 41 heavy (non-hydrogen) atoms. The predicted molar refractivity (Wildman–Crippen MR) is 160 cm³/mol. The lowest BCUT2D eigenvalue weighted by Crippen LogP contribution is -2.53. The van der Waals surface area contributed by atoms with E-state index < -0.39 is 28.5 Å². The number of nitrogens with zero attached hydrogens (tertiary/aromatic N) is 2. The summed E-state index contributed by atoms with van der Waals surface area (Å²) in [5, 5.41) is 3.55. The first-order valence-corrected chi connectivity index (χ1v) is 15.6. The first-order chi connectivity index (χ1) is 19.7. The Kier molecular flexibility index (Phi) is 10.3. The summed E-state index contributed by atoms with van der Waals surface area (Å²) < 4.78 is 34.0. The van der Waals surface area contributed by atoms with Crippen LogP contribution in [-0.2, 0) is 26.2 Å². The summed E-state index contributed by atoms with van der Waals surface area (Å²) in [6.07, 6.45) is 5.05. The van der Waals surface area contributed by atoms with Gasteiger partial charge in [-0.1, -0.05) is 67.3 Å². The quantitative estimate of drug-likeness (QED) is 0.319. The number of anilines is 1. The minimum atomic E-state index is -4.13. The standard InChI is InChI=1S/C31H36ClN3O5S/c1-23(31(37)33-25-12-5-3-6-13-25)34(21-24-11-9-10-16-29(24)32)30(36)22-35(26-17-19-27(40-2)20-18-26)41(38,39)28-14-7-4-8-15-28/h4,7-11,14-20,23,25H,3,5-6,12-13,21-22H2,1-2H3,(H,33,37). The van der Waals surface area contributed by atoms with Crippen molar-refractivity contribution >= 4 is 39.1 Å². The van der Waals surface area contributed by atoms with Gasteiger partial charge in [0.1, 0.15) is 18.3 Å². The molecular weight excluding hydrogens is 562 g/mol. The molecule has 0 spiro atoms. The van der Waals surface area contributed by atoms with Crippen LogP contribution in [0.25, 0.3) is 0 Å². The Balaban J connectivity index is 1.67. The summed E-state index contributed by atoms with van der Waals surface area (Å²) in [5.41, 5.74) is 0.946. The van der Waals surface area contributed by atoms with Crippen LogP contribution in [0.3, 0.4) is 0 Å². The molecule has 1 N–H and O–H groups in total. The van der Waals surface area contributed by atoms with Gasteiger partial charge in [0.2, 0.25) is 11.8 Å². The van der Waals surface area contributed by atoms with Gasteiger partial charge in [-0.2, -0.15) is 0 Å². The molecule has 1 aliphatic carbocycles. The zero-order valence-corrected chi connectivity index (χ0v) is 24.9. The highest BCUT2D eigenvalue weighted by atomic mass is 35.5. The van der Waals surface area contributed by atoms with Crippen LogP contribution in [0.4, 0.5) is 5.69 Å². The Morgan fingerprint density at radius 3 is 2.22 bits per heavy atom. The molecule has 0 radical (unpaired) electrons. The van der Waals surface area contributed by atoms with Gasteiger partial charge in [-0.05, 0) is 67.8 Å². The van der Waals surface area contributed by atoms with Crippen LogP contribution in [0, 0.1) is 0 Å². The molecular formula is C31H36ClN3O5S. The number of carbonyl (C=O) groups excluding carboxylic acids is 2. The number of hydrogen-bond donors (Lipinski definition) is 1. The van der Waals surface area contributed by atoms with E-state index >= 15 is 0 Å². The van der Waals surface area contributed by atoms with Crippen LogP contribution in [0.15, 0.2) is 83.8 Å². The van der Waals surface area contributed by atoms with Crippen LogP contribution < -0.4 is 14.4 Å². The second-order valence-electron chi connectivity index (χ2n) is 10.2. The van der Waals surface area contributed by atoms with E-state index in [9.17, 15) is 18.0 Å². The van der Waals surface area contributed by atoms with Gasteiger partial charge in [-0.15, -0.1) is 0 Å². The Hall–Kier alpha value is -3.56. The lowest BCUT2D eigenvalue weighted by molar-refractivity contribution is -0.139. The zero-order valence-electron chi connectivity index (χ0n) is 23.3. The van der Waals surface area contributed by atoms with Crippen molar-refractivity contribution in [1.29, 1.82) is 0 Å². The minimum absolute atomic E-state index is 0.0413. The second-order valence-corrected chi connectivity index (χ2v) is 12.4. The summed E-state index contributed by atoms with van der Waals surface area (Å²) in [5.74, 6) is -0.267. The van der Waals surface area contributed by atoms with E-state index in [1.807, 2.05) is 0 Å². The van der Waals surface area contributed by atoms with Crippen LogP contribution in [-0.4, -0.2) is 50.9 Å². The molecule has 3 aromatic rings. The van der Waals surface area contributed by atoms with E-state index in [2.05, 4.69) is 5.32 Å². The average molecular weight is 598 g/mol. The van der Waals surface area contributed by atoms with Gasteiger partial charge in [0, 0.05) is 17.6 Å². The first kappa shape index (κ1) is 30.4. The van der Waals surface area contributed by atoms with Crippen molar-refractivity contribution in [3.8, 4) is 5.75 Å². The molecule has 218 valence electrons. The number of carbonyl (C=O) groups is 2. The van der Waals surface area contributed by atoms with Gasteiger partial charge in [0.25, 0.3) is 10.0 Å². The third kappa shape index (κ3) is 7.59. The lowest BCUT2D eigenvalue weighted by atomic mass is 9.95. The van der Waals surface area contributed by atoms with Crippen molar-refractivity contribution in [2.24, 2.45) is 0 Å². The number of rotatable bonds is 11. The van der Waals surface area contributed by atoms with Gasteiger partial charge in [-0.25, -0.2) is 8.42 Å². The molecule has 8 nitrogen and oxygen atoms in total. The first-order valence-electron chi connectivity index (χ1n) is 13.8. The summed E-state index contributed by atoms with van der Waals surface area (Å²) in [6.45, 7) is 1.19. The Morgan fingerprint density at radius 1 is 0.951 bits per heavy atom. The molecule has 1 atom stereocenters. The largest absolute Gasteiger partial charge is 0.497 e. The zero-order chi connectivity index (χ0) is 29.4. The molecule has 0 aliphatic heterocycles. The fourth-order valence-electron chi connectivity index (χ4n) is 4.96. The van der Waals surface area contributed by atoms with Gasteiger partial charge in [0.15, 0.2) is 0 Å². The number of halogens is 1. The minimum Gasteiger partial charge on any atom is -0.497 e. The number of nitrogens with one attached hydrogen (secondary N) is 1. The molecule has 1 fully saturated rings. The molecule has 1 saturated carbocycles. The number of ether oxygens (including phenoxy) is 1. The molecule has 3 aromatic carbocycles. The lowest BCUT2D eigenvalue weighted by Gasteiger charge is -2.33. The van der Waals surface area contributed by atoms with Crippen molar-refractivity contribution in [2.75, 3.05) is 18.0 Å². The monoisotopic (exact) mass is 597 g/mol. The molecule has 10 heteroatoms. The topological polar surface area (TPSA) is 96.0 Å². The number of amides is 2. The summed E-state index contributed by atoms with van der Waals surface area (Å²) >= 11 is 6.44. The number of hydrogen-bond acceptors (Lipinski definition) is 5. The smallest absolute Gasteiger partial charge is 0.264 e. The van der Waals surface area contributed by atoms with Gasteiger partial charge in [-0.3, -0.25) is 13.9 Å². The second kappa shape index (κ2) is 13.9. The highest BCUT2D eigenvalue weighted by Gasteiger charge is 2.33. The van der Waals surface area contributed by atoms with Gasteiger partial charge in [0.05, 0.1) is 17.7 Å². The highest BCUT2D eigenvalue weighted by Crippen LogP contribution is 2.27.